The van der Waals surface area contributed by atoms with Gasteiger partial charge in [0.1, 0.15) is 22.8 Å². The summed E-state index contributed by atoms with van der Waals surface area (Å²) in [4.78, 5) is 21.4. The third-order valence-electron chi connectivity index (χ3n) is 6.22. The Labute approximate surface area is 196 Å². The second-order valence-electron chi connectivity index (χ2n) is 8.63. The summed E-state index contributed by atoms with van der Waals surface area (Å²) in [6.07, 6.45) is 6.63. The molecule has 34 heavy (non-hydrogen) atoms. The van der Waals surface area contributed by atoms with E-state index in [1.807, 2.05) is 18.3 Å². The first-order valence-electron chi connectivity index (χ1n) is 11.2. The van der Waals surface area contributed by atoms with E-state index in [1.54, 1.807) is 18.2 Å². The molecule has 1 aliphatic rings. The number of halogens is 2. The van der Waals surface area contributed by atoms with Crippen molar-refractivity contribution in [2.24, 2.45) is 0 Å². The van der Waals surface area contributed by atoms with Crippen LogP contribution in [0, 0.1) is 11.6 Å². The first-order chi connectivity index (χ1) is 16.5. The highest BCUT2D eigenvalue weighted by molar-refractivity contribution is 5.84. The fourth-order valence-corrected chi connectivity index (χ4v) is 4.32. The average molecular weight is 462 g/mol. The van der Waals surface area contributed by atoms with Crippen molar-refractivity contribution in [3.8, 4) is 11.3 Å². The Hall–Kier alpha value is -3.72. The standard InChI is InChI=1S/C25H25F2N7/c1-33(2)18-7-10-34(11-8-18)19-5-6-22(29-14-19)31-25-30-15-21(27)24(32-25)17-12-16-4-3-9-28-23(16)20(26)13-17/h3-6,9,12-15,18H,7-8,10-11H2,1-2H3,(H,29,30,31,32). The molecule has 3 aromatic heterocycles. The lowest BCUT2D eigenvalue weighted by molar-refractivity contribution is 0.249. The number of nitrogens with one attached hydrogen (secondary N) is 1. The molecule has 4 aromatic rings. The molecule has 4 heterocycles. The lowest BCUT2D eigenvalue weighted by atomic mass is 10.0. The van der Waals surface area contributed by atoms with E-state index in [1.165, 1.54) is 12.3 Å². The monoisotopic (exact) mass is 461 g/mol. The van der Waals surface area contributed by atoms with Gasteiger partial charge in [0, 0.05) is 36.3 Å². The topological polar surface area (TPSA) is 70.1 Å². The highest BCUT2D eigenvalue weighted by atomic mass is 19.1. The van der Waals surface area contributed by atoms with Crippen molar-refractivity contribution in [3.63, 3.8) is 0 Å². The molecule has 1 saturated heterocycles. The predicted octanol–water partition coefficient (Wildman–Crippen LogP) is 4.64. The van der Waals surface area contributed by atoms with Crippen molar-refractivity contribution in [1.29, 1.82) is 0 Å². The maximum atomic E-state index is 14.5. The zero-order valence-electron chi connectivity index (χ0n) is 19.0. The number of anilines is 3. The molecule has 9 heteroatoms. The van der Waals surface area contributed by atoms with Gasteiger partial charge in [-0.2, -0.15) is 0 Å². The zero-order chi connectivity index (χ0) is 23.7. The van der Waals surface area contributed by atoms with Crippen LogP contribution in [-0.4, -0.2) is 58.1 Å². The Kier molecular flexibility index (Phi) is 6.02. The summed E-state index contributed by atoms with van der Waals surface area (Å²) in [6, 6.07) is 10.8. The van der Waals surface area contributed by atoms with Gasteiger partial charge in [-0.25, -0.2) is 23.7 Å². The molecule has 1 aliphatic heterocycles. The van der Waals surface area contributed by atoms with E-state index < -0.39 is 11.6 Å². The average Bonchev–Trinajstić information content (AvgIpc) is 2.86. The first-order valence-corrected chi connectivity index (χ1v) is 11.2. The lowest BCUT2D eigenvalue weighted by Crippen LogP contribution is -2.42. The minimum absolute atomic E-state index is 0.00235. The van der Waals surface area contributed by atoms with Crippen LogP contribution in [0.25, 0.3) is 22.2 Å². The molecule has 0 unspecified atom stereocenters. The van der Waals surface area contributed by atoms with Gasteiger partial charge in [-0.3, -0.25) is 4.98 Å². The van der Waals surface area contributed by atoms with Crippen molar-refractivity contribution in [2.45, 2.75) is 18.9 Å². The third-order valence-corrected chi connectivity index (χ3v) is 6.22. The minimum Gasteiger partial charge on any atom is -0.370 e. The number of fused-ring (bicyclic) bond motifs is 1. The predicted molar refractivity (Wildman–Crippen MR) is 129 cm³/mol. The smallest absolute Gasteiger partial charge is 0.229 e. The maximum absolute atomic E-state index is 14.5. The number of hydrogen-bond donors (Lipinski definition) is 1. The van der Waals surface area contributed by atoms with Crippen molar-refractivity contribution in [2.75, 3.05) is 37.4 Å². The Balaban J connectivity index is 1.34. The number of nitrogens with zero attached hydrogens (tertiary/aromatic N) is 6. The Morgan fingerprint density at radius 1 is 0.971 bits per heavy atom. The number of benzene rings is 1. The van der Waals surface area contributed by atoms with Crippen LogP contribution >= 0.6 is 0 Å². The van der Waals surface area contributed by atoms with Crippen LogP contribution in [-0.2, 0) is 0 Å². The molecule has 0 atom stereocenters. The third kappa shape index (κ3) is 4.51. The van der Waals surface area contributed by atoms with E-state index in [9.17, 15) is 8.78 Å². The van der Waals surface area contributed by atoms with Crippen molar-refractivity contribution in [3.05, 3.63) is 66.6 Å². The molecule has 0 radical (unpaired) electrons. The van der Waals surface area contributed by atoms with Gasteiger partial charge in [-0.15, -0.1) is 0 Å². The number of piperidine rings is 1. The van der Waals surface area contributed by atoms with Crippen LogP contribution in [0.15, 0.2) is 55.0 Å². The highest BCUT2D eigenvalue weighted by Gasteiger charge is 2.21. The van der Waals surface area contributed by atoms with E-state index in [4.69, 9.17) is 0 Å². The van der Waals surface area contributed by atoms with Crippen molar-refractivity contribution >= 4 is 28.4 Å². The second kappa shape index (κ2) is 9.26. The van der Waals surface area contributed by atoms with E-state index in [-0.39, 0.29) is 17.2 Å². The van der Waals surface area contributed by atoms with Gasteiger partial charge >= 0.3 is 0 Å². The number of pyridine rings is 2. The molecule has 1 aromatic carbocycles. The van der Waals surface area contributed by atoms with Gasteiger partial charge in [-0.1, -0.05) is 6.07 Å². The summed E-state index contributed by atoms with van der Waals surface area (Å²) in [5.41, 5.74) is 1.60. The van der Waals surface area contributed by atoms with E-state index >= 15 is 0 Å². The van der Waals surface area contributed by atoms with Gasteiger partial charge < -0.3 is 15.1 Å². The van der Waals surface area contributed by atoms with E-state index in [0.717, 1.165) is 37.8 Å². The molecule has 0 amide bonds. The van der Waals surface area contributed by atoms with E-state index in [0.29, 0.717) is 22.8 Å². The van der Waals surface area contributed by atoms with Crippen LogP contribution in [0.1, 0.15) is 12.8 Å². The SMILES string of the molecule is CN(C)C1CCN(c2ccc(Nc3ncc(F)c(-c4cc(F)c5ncccc5c4)n3)nc2)CC1. The largest absolute Gasteiger partial charge is 0.370 e. The van der Waals surface area contributed by atoms with Crippen LogP contribution in [0.3, 0.4) is 0 Å². The quantitative estimate of drug-likeness (QED) is 0.464. The molecule has 5 rings (SSSR count). The summed E-state index contributed by atoms with van der Waals surface area (Å²) in [6.45, 7) is 1.97. The molecule has 0 saturated carbocycles. The first kappa shape index (κ1) is 22.1. The Bertz CT molecular complexity index is 1300. The number of rotatable bonds is 5. The fraction of sp³-hybridized carbons (Fsp3) is 0.280. The molecule has 1 fully saturated rings. The molecule has 174 valence electrons. The zero-order valence-corrected chi connectivity index (χ0v) is 19.0. The van der Waals surface area contributed by atoms with Crippen LogP contribution < -0.4 is 10.2 Å². The van der Waals surface area contributed by atoms with Crippen molar-refractivity contribution in [1.82, 2.24) is 24.8 Å². The Morgan fingerprint density at radius 3 is 2.53 bits per heavy atom. The Morgan fingerprint density at radius 2 is 1.79 bits per heavy atom. The van der Waals surface area contributed by atoms with Crippen molar-refractivity contribution < 1.29 is 8.78 Å². The molecule has 7 nitrogen and oxygen atoms in total. The fourth-order valence-electron chi connectivity index (χ4n) is 4.32. The molecule has 1 N–H and O–H groups in total. The number of aromatic nitrogens is 4. The lowest BCUT2D eigenvalue weighted by Gasteiger charge is -2.36. The second-order valence-corrected chi connectivity index (χ2v) is 8.63. The molecular weight excluding hydrogens is 436 g/mol. The van der Waals surface area contributed by atoms with Gasteiger partial charge in [0.25, 0.3) is 0 Å². The highest BCUT2D eigenvalue weighted by Crippen LogP contribution is 2.28. The number of hydrogen-bond acceptors (Lipinski definition) is 7. The normalized spacial score (nSPS) is 14.7. The minimum atomic E-state index is -0.641. The van der Waals surface area contributed by atoms with Crippen LogP contribution in [0.5, 0.6) is 0 Å². The summed E-state index contributed by atoms with van der Waals surface area (Å²) in [7, 11) is 4.25. The molecule has 0 spiro atoms. The summed E-state index contributed by atoms with van der Waals surface area (Å²) < 4.78 is 29.1. The van der Waals surface area contributed by atoms with Crippen LogP contribution in [0.2, 0.25) is 0 Å². The summed E-state index contributed by atoms with van der Waals surface area (Å²) in [5, 5.41) is 3.58. The maximum Gasteiger partial charge on any atom is 0.229 e. The van der Waals surface area contributed by atoms with Gasteiger partial charge in [-0.05, 0) is 57.3 Å². The molecule has 0 bridgehead atoms. The molecular formula is C25H25F2N7. The van der Waals surface area contributed by atoms with E-state index in [2.05, 4.69) is 49.1 Å². The van der Waals surface area contributed by atoms with Gasteiger partial charge in [0.2, 0.25) is 5.95 Å². The summed E-state index contributed by atoms with van der Waals surface area (Å²) in [5.74, 6) is -0.460. The molecule has 0 aliphatic carbocycles. The van der Waals surface area contributed by atoms with Gasteiger partial charge in [0.15, 0.2) is 5.82 Å². The summed E-state index contributed by atoms with van der Waals surface area (Å²) >= 11 is 0. The van der Waals surface area contributed by atoms with Gasteiger partial charge in [0.05, 0.1) is 18.1 Å². The van der Waals surface area contributed by atoms with Crippen LogP contribution in [0.4, 0.5) is 26.2 Å².